The van der Waals surface area contributed by atoms with E-state index in [-0.39, 0.29) is 12.5 Å². The van der Waals surface area contributed by atoms with Gasteiger partial charge in [0, 0.05) is 6.42 Å². The Kier molecular flexibility index (Phi) is 19.9. The first-order valence-electron chi connectivity index (χ1n) is 13.1. The molecule has 0 heterocycles. The van der Waals surface area contributed by atoms with Crippen LogP contribution in [0.5, 0.6) is 0 Å². The van der Waals surface area contributed by atoms with Gasteiger partial charge in [0.05, 0.1) is 27.1 Å². The van der Waals surface area contributed by atoms with Crippen LogP contribution >= 0.6 is 0 Å². The number of aliphatic hydroxyl groups is 1. The van der Waals surface area contributed by atoms with Crippen LogP contribution in [-0.4, -0.2) is 54.0 Å². The second kappa shape index (κ2) is 20.3. The second-order valence-electron chi connectivity index (χ2n) is 10.1. The molecule has 180 valence electrons. The van der Waals surface area contributed by atoms with Gasteiger partial charge in [0.15, 0.2) is 0 Å². The Labute approximate surface area is 188 Å². The predicted octanol–water partition coefficient (Wildman–Crippen LogP) is 6.94. The summed E-state index contributed by atoms with van der Waals surface area (Å²) in [6.07, 6.45) is 23.4. The lowest BCUT2D eigenvalue weighted by Gasteiger charge is -2.31. The Morgan fingerprint density at radius 2 is 1.10 bits per heavy atom. The zero-order valence-electron chi connectivity index (χ0n) is 20.7. The maximum absolute atomic E-state index is 10.6. The zero-order chi connectivity index (χ0) is 22.5. The zero-order valence-corrected chi connectivity index (χ0v) is 20.7. The van der Waals surface area contributed by atoms with Crippen LogP contribution < -0.4 is 0 Å². The molecule has 0 spiro atoms. The number of quaternary nitrogens is 1. The van der Waals surface area contributed by atoms with E-state index < -0.39 is 5.97 Å². The van der Waals surface area contributed by atoms with Crippen molar-refractivity contribution < 1.29 is 19.5 Å². The molecule has 0 rings (SSSR count). The summed E-state index contributed by atoms with van der Waals surface area (Å²) >= 11 is 0. The second-order valence-corrected chi connectivity index (χ2v) is 10.1. The van der Waals surface area contributed by atoms with E-state index in [1.54, 1.807) is 0 Å². The lowest BCUT2D eigenvalue weighted by molar-refractivity contribution is -0.893. The molecule has 2 N–H and O–H groups in total. The maximum Gasteiger partial charge on any atom is 0.303 e. The molecule has 0 bridgehead atoms. The highest BCUT2D eigenvalue weighted by Gasteiger charge is 2.20. The molecular weight excluding hydrogens is 374 g/mol. The van der Waals surface area contributed by atoms with E-state index in [1.807, 2.05) is 0 Å². The Morgan fingerprint density at radius 1 is 0.700 bits per heavy atom. The van der Waals surface area contributed by atoms with Crippen molar-refractivity contribution in [2.24, 2.45) is 0 Å². The summed E-state index contributed by atoms with van der Waals surface area (Å²) in [5, 5.41) is 19.0. The monoisotopic (exact) mass is 428 g/mol. The molecule has 4 nitrogen and oxygen atoms in total. The van der Waals surface area contributed by atoms with Crippen LogP contribution in [0.3, 0.4) is 0 Å². The van der Waals surface area contributed by atoms with Gasteiger partial charge in [-0.15, -0.1) is 0 Å². The molecule has 30 heavy (non-hydrogen) atoms. The van der Waals surface area contributed by atoms with E-state index in [2.05, 4.69) is 21.0 Å². The molecule has 0 saturated carbocycles. The molecule has 4 heteroatoms. The van der Waals surface area contributed by atoms with Crippen molar-refractivity contribution >= 4 is 5.97 Å². The molecule has 1 atom stereocenters. The Bertz CT molecular complexity index is 384. The highest BCUT2D eigenvalue weighted by atomic mass is 16.4. The van der Waals surface area contributed by atoms with E-state index in [1.165, 1.54) is 96.3 Å². The smallest absolute Gasteiger partial charge is 0.303 e. The number of aliphatic carboxylic acids is 1. The van der Waals surface area contributed by atoms with Crippen LogP contribution in [0, 0.1) is 0 Å². The van der Waals surface area contributed by atoms with Gasteiger partial charge in [-0.3, -0.25) is 4.79 Å². The van der Waals surface area contributed by atoms with Gasteiger partial charge < -0.3 is 14.7 Å². The fourth-order valence-corrected chi connectivity index (χ4v) is 4.34. The average Bonchev–Trinajstić information content (AvgIpc) is 2.66. The van der Waals surface area contributed by atoms with Crippen molar-refractivity contribution in [3.63, 3.8) is 0 Å². The lowest BCUT2D eigenvalue weighted by atomic mass is 10.0. The molecule has 0 fully saturated rings. The maximum atomic E-state index is 10.6. The molecule has 0 aromatic rings. The first kappa shape index (κ1) is 29.4. The number of likely N-dealkylation sites (N-methyl/N-ethyl adjacent to an activating group) is 1. The molecule has 0 aliphatic heterocycles. The van der Waals surface area contributed by atoms with Crippen LogP contribution in [0.4, 0.5) is 0 Å². The highest BCUT2D eigenvalue weighted by molar-refractivity contribution is 5.66. The number of carboxylic acid groups (broad SMARTS) is 1. The van der Waals surface area contributed by atoms with E-state index in [0.29, 0.717) is 10.9 Å². The SMILES string of the molecule is CCCCCCCCCCCCCCCCCCC(O)C[N+](C)(C)CCCC(=O)O. The van der Waals surface area contributed by atoms with Gasteiger partial charge in [-0.1, -0.05) is 110 Å². The van der Waals surface area contributed by atoms with E-state index >= 15 is 0 Å². The molecule has 1 unspecified atom stereocenters. The summed E-state index contributed by atoms with van der Waals surface area (Å²) in [5.74, 6) is -0.733. The first-order chi connectivity index (χ1) is 14.4. The summed E-state index contributed by atoms with van der Waals surface area (Å²) < 4.78 is 0.702. The fourth-order valence-electron chi connectivity index (χ4n) is 4.34. The van der Waals surface area contributed by atoms with Crippen LogP contribution in [0.15, 0.2) is 0 Å². The summed E-state index contributed by atoms with van der Waals surface area (Å²) in [4.78, 5) is 10.6. The number of carboxylic acids is 1. The van der Waals surface area contributed by atoms with Crippen molar-refractivity contribution in [3.8, 4) is 0 Å². The van der Waals surface area contributed by atoms with Crippen molar-refractivity contribution in [1.82, 2.24) is 0 Å². The number of carbonyl (C=O) groups is 1. The van der Waals surface area contributed by atoms with Gasteiger partial charge in [0.1, 0.15) is 12.6 Å². The number of unbranched alkanes of at least 4 members (excludes halogenated alkanes) is 15. The number of hydrogen-bond acceptors (Lipinski definition) is 2. The van der Waals surface area contributed by atoms with Crippen LogP contribution in [0.2, 0.25) is 0 Å². The summed E-state index contributed by atoms with van der Waals surface area (Å²) in [5.41, 5.74) is 0. The molecule has 0 saturated heterocycles. The normalized spacial score (nSPS) is 12.9. The van der Waals surface area contributed by atoms with Crippen LogP contribution in [-0.2, 0) is 4.79 Å². The third kappa shape index (κ3) is 22.1. The average molecular weight is 429 g/mol. The molecule has 0 amide bonds. The molecule has 0 aliphatic rings. The molecule has 0 aromatic heterocycles. The van der Waals surface area contributed by atoms with Crippen molar-refractivity contribution in [1.29, 1.82) is 0 Å². The minimum absolute atomic E-state index is 0.219. The van der Waals surface area contributed by atoms with Crippen molar-refractivity contribution in [2.75, 3.05) is 27.2 Å². The number of hydrogen-bond donors (Lipinski definition) is 2. The Morgan fingerprint density at radius 3 is 1.50 bits per heavy atom. The largest absolute Gasteiger partial charge is 0.481 e. The Hall–Kier alpha value is -0.610. The lowest BCUT2D eigenvalue weighted by Crippen LogP contribution is -2.46. The van der Waals surface area contributed by atoms with Crippen LogP contribution in [0.25, 0.3) is 0 Å². The van der Waals surface area contributed by atoms with Crippen LogP contribution in [0.1, 0.15) is 129 Å². The molecule has 0 aromatic carbocycles. The third-order valence-electron chi connectivity index (χ3n) is 6.25. The molecular formula is C26H54NO3+. The number of rotatable bonds is 23. The van der Waals surface area contributed by atoms with Gasteiger partial charge >= 0.3 is 5.97 Å². The van der Waals surface area contributed by atoms with Gasteiger partial charge in [-0.25, -0.2) is 0 Å². The minimum Gasteiger partial charge on any atom is -0.481 e. The third-order valence-corrected chi connectivity index (χ3v) is 6.25. The van der Waals surface area contributed by atoms with E-state index in [4.69, 9.17) is 5.11 Å². The molecule has 0 aliphatic carbocycles. The predicted molar refractivity (Wildman–Crippen MR) is 129 cm³/mol. The van der Waals surface area contributed by atoms with Gasteiger partial charge in [-0.2, -0.15) is 0 Å². The topological polar surface area (TPSA) is 57.5 Å². The van der Waals surface area contributed by atoms with Gasteiger partial charge in [0.2, 0.25) is 0 Å². The van der Waals surface area contributed by atoms with Crippen molar-refractivity contribution in [2.45, 2.75) is 135 Å². The standard InChI is InChI=1S/C26H53NO3/c1-4-5-6-7-8-9-10-11-12-13-14-15-16-17-18-19-21-25(28)24-27(2,3)23-20-22-26(29)30/h25,28H,4-24H2,1-3H3/p+1. The first-order valence-corrected chi connectivity index (χ1v) is 13.1. The summed E-state index contributed by atoms with van der Waals surface area (Å²) in [6.45, 7) is 3.81. The van der Waals surface area contributed by atoms with Crippen molar-refractivity contribution in [3.05, 3.63) is 0 Å². The summed E-state index contributed by atoms with van der Waals surface area (Å²) in [6, 6.07) is 0. The van der Waals surface area contributed by atoms with Gasteiger partial charge in [0.25, 0.3) is 0 Å². The minimum atomic E-state index is -0.733. The van der Waals surface area contributed by atoms with E-state index in [0.717, 1.165) is 25.9 Å². The molecule has 0 radical (unpaired) electrons. The van der Waals surface area contributed by atoms with Gasteiger partial charge in [-0.05, 0) is 6.42 Å². The Balaban J connectivity index is 3.36. The quantitative estimate of drug-likeness (QED) is 0.137. The highest BCUT2D eigenvalue weighted by Crippen LogP contribution is 2.15. The number of nitrogens with zero attached hydrogens (tertiary/aromatic N) is 1. The summed E-state index contributed by atoms with van der Waals surface area (Å²) in [7, 11) is 4.16. The fraction of sp³-hybridized carbons (Fsp3) is 0.962. The van der Waals surface area contributed by atoms with E-state index in [9.17, 15) is 9.90 Å². The number of aliphatic hydroxyl groups excluding tert-OH is 1.